The van der Waals surface area contributed by atoms with Crippen LogP contribution in [0.2, 0.25) is 5.02 Å². The van der Waals surface area contributed by atoms with Crippen molar-refractivity contribution in [1.82, 2.24) is 20.3 Å². The second-order valence-electron chi connectivity index (χ2n) is 3.62. The van der Waals surface area contributed by atoms with Crippen molar-refractivity contribution in [2.45, 2.75) is 13.1 Å². The standard InChI is InChI=1S/C11H12ClFN4/c12-10-5-9(6-11(13)7-10)8-14-1-3-17-4-2-15-16-17/h2,4-7,14H,1,3,8H2. The van der Waals surface area contributed by atoms with E-state index in [9.17, 15) is 4.39 Å². The third-order valence-corrected chi connectivity index (χ3v) is 2.46. The maximum atomic E-state index is 13.0. The van der Waals surface area contributed by atoms with E-state index in [0.29, 0.717) is 11.6 Å². The Morgan fingerprint density at radius 1 is 1.35 bits per heavy atom. The Morgan fingerprint density at radius 3 is 2.94 bits per heavy atom. The normalized spacial score (nSPS) is 10.7. The van der Waals surface area contributed by atoms with Gasteiger partial charge >= 0.3 is 0 Å². The Morgan fingerprint density at radius 2 is 2.24 bits per heavy atom. The minimum atomic E-state index is -0.314. The molecule has 1 aromatic carbocycles. The molecule has 6 heteroatoms. The number of hydrogen-bond acceptors (Lipinski definition) is 3. The predicted octanol–water partition coefficient (Wildman–Crippen LogP) is 1.86. The van der Waals surface area contributed by atoms with Gasteiger partial charge < -0.3 is 5.32 Å². The van der Waals surface area contributed by atoms with E-state index in [0.717, 1.165) is 18.7 Å². The summed E-state index contributed by atoms with van der Waals surface area (Å²) in [5.41, 5.74) is 0.827. The highest BCUT2D eigenvalue weighted by Crippen LogP contribution is 2.13. The second-order valence-corrected chi connectivity index (χ2v) is 4.06. The van der Waals surface area contributed by atoms with Crippen molar-refractivity contribution >= 4 is 11.6 Å². The fourth-order valence-electron chi connectivity index (χ4n) is 1.49. The van der Waals surface area contributed by atoms with E-state index in [2.05, 4.69) is 15.6 Å². The van der Waals surface area contributed by atoms with E-state index >= 15 is 0 Å². The van der Waals surface area contributed by atoms with Crippen molar-refractivity contribution in [2.24, 2.45) is 0 Å². The fourth-order valence-corrected chi connectivity index (χ4v) is 1.74. The molecule has 0 bridgehead atoms. The van der Waals surface area contributed by atoms with Gasteiger partial charge in [0.1, 0.15) is 5.82 Å². The Labute approximate surface area is 103 Å². The van der Waals surface area contributed by atoms with Crippen LogP contribution in [0.1, 0.15) is 5.56 Å². The summed E-state index contributed by atoms with van der Waals surface area (Å²) in [6, 6.07) is 4.50. The van der Waals surface area contributed by atoms with E-state index in [1.807, 2.05) is 0 Å². The lowest BCUT2D eigenvalue weighted by Crippen LogP contribution is -2.19. The minimum absolute atomic E-state index is 0.314. The van der Waals surface area contributed by atoms with Gasteiger partial charge in [0, 0.05) is 24.3 Å². The van der Waals surface area contributed by atoms with Crippen LogP contribution in [0.15, 0.2) is 30.6 Å². The summed E-state index contributed by atoms with van der Waals surface area (Å²) in [4.78, 5) is 0. The topological polar surface area (TPSA) is 42.7 Å². The van der Waals surface area contributed by atoms with Crippen LogP contribution in [0.4, 0.5) is 4.39 Å². The molecule has 0 amide bonds. The number of nitrogens with zero attached hydrogens (tertiary/aromatic N) is 3. The van der Waals surface area contributed by atoms with Gasteiger partial charge in [0.15, 0.2) is 0 Å². The van der Waals surface area contributed by atoms with Crippen LogP contribution in [0.25, 0.3) is 0 Å². The van der Waals surface area contributed by atoms with Crippen LogP contribution in [0.5, 0.6) is 0 Å². The molecule has 0 aliphatic carbocycles. The lowest BCUT2D eigenvalue weighted by Gasteiger charge is -2.05. The van der Waals surface area contributed by atoms with Crippen molar-refractivity contribution in [1.29, 1.82) is 0 Å². The highest BCUT2D eigenvalue weighted by atomic mass is 35.5. The van der Waals surface area contributed by atoms with Crippen molar-refractivity contribution in [3.63, 3.8) is 0 Å². The number of nitrogens with one attached hydrogen (secondary N) is 1. The minimum Gasteiger partial charge on any atom is -0.311 e. The lowest BCUT2D eigenvalue weighted by molar-refractivity contribution is 0.539. The zero-order valence-corrected chi connectivity index (χ0v) is 9.86. The first kappa shape index (κ1) is 12.0. The monoisotopic (exact) mass is 254 g/mol. The van der Waals surface area contributed by atoms with Crippen molar-refractivity contribution in [2.75, 3.05) is 6.54 Å². The van der Waals surface area contributed by atoms with E-state index in [1.165, 1.54) is 12.1 Å². The van der Waals surface area contributed by atoms with E-state index in [-0.39, 0.29) is 5.82 Å². The quantitative estimate of drug-likeness (QED) is 0.829. The van der Waals surface area contributed by atoms with Gasteiger partial charge in [0.05, 0.1) is 12.7 Å². The summed E-state index contributed by atoms with van der Waals surface area (Å²) in [7, 11) is 0. The maximum Gasteiger partial charge on any atom is 0.125 e. The van der Waals surface area contributed by atoms with Crippen molar-refractivity contribution < 1.29 is 4.39 Å². The molecule has 0 spiro atoms. The average Bonchev–Trinajstić information content (AvgIpc) is 2.76. The Kier molecular flexibility index (Phi) is 4.06. The van der Waals surface area contributed by atoms with Gasteiger partial charge in [-0.05, 0) is 23.8 Å². The molecule has 0 aliphatic heterocycles. The molecule has 1 N–H and O–H groups in total. The molecule has 1 heterocycles. The van der Waals surface area contributed by atoms with Gasteiger partial charge in [-0.1, -0.05) is 16.8 Å². The molecule has 0 saturated carbocycles. The summed E-state index contributed by atoms with van der Waals surface area (Å²) in [6.45, 7) is 2.03. The predicted molar refractivity (Wildman–Crippen MR) is 63.1 cm³/mol. The molecule has 0 radical (unpaired) electrons. The SMILES string of the molecule is Fc1cc(Cl)cc(CNCCn2ccnn2)c1. The maximum absolute atomic E-state index is 13.0. The fraction of sp³-hybridized carbons (Fsp3) is 0.273. The molecule has 0 aliphatic rings. The molecular formula is C11H12ClFN4. The molecule has 0 fully saturated rings. The van der Waals surface area contributed by atoms with E-state index < -0.39 is 0 Å². The number of hydrogen-bond donors (Lipinski definition) is 1. The number of rotatable bonds is 5. The van der Waals surface area contributed by atoms with Gasteiger partial charge in [0.25, 0.3) is 0 Å². The Balaban J connectivity index is 1.78. The van der Waals surface area contributed by atoms with Gasteiger partial charge in [-0.3, -0.25) is 4.68 Å². The second kappa shape index (κ2) is 5.75. The van der Waals surface area contributed by atoms with Crippen LogP contribution in [-0.2, 0) is 13.1 Å². The number of halogens is 2. The Hall–Kier alpha value is -1.46. The first-order valence-electron chi connectivity index (χ1n) is 5.24. The molecular weight excluding hydrogens is 243 g/mol. The van der Waals surface area contributed by atoms with Crippen molar-refractivity contribution in [3.8, 4) is 0 Å². The third kappa shape index (κ3) is 3.80. The molecule has 17 heavy (non-hydrogen) atoms. The summed E-state index contributed by atoms with van der Waals surface area (Å²) < 4.78 is 14.8. The Bertz CT molecular complexity index is 452. The van der Waals surface area contributed by atoms with E-state index in [4.69, 9.17) is 11.6 Å². The lowest BCUT2D eigenvalue weighted by atomic mass is 10.2. The van der Waals surface area contributed by atoms with Gasteiger partial charge in [-0.2, -0.15) is 0 Å². The first-order chi connectivity index (χ1) is 8.24. The third-order valence-electron chi connectivity index (χ3n) is 2.24. The van der Waals surface area contributed by atoms with Crippen molar-refractivity contribution in [3.05, 3.63) is 47.0 Å². The van der Waals surface area contributed by atoms with Crippen LogP contribution < -0.4 is 5.32 Å². The summed E-state index contributed by atoms with van der Waals surface area (Å²) in [6.07, 6.45) is 3.42. The average molecular weight is 255 g/mol. The van der Waals surface area contributed by atoms with Gasteiger partial charge in [0.2, 0.25) is 0 Å². The molecule has 0 unspecified atom stereocenters. The molecule has 0 saturated heterocycles. The zero-order chi connectivity index (χ0) is 12.1. The zero-order valence-electron chi connectivity index (χ0n) is 9.11. The van der Waals surface area contributed by atoms with Gasteiger partial charge in [-0.25, -0.2) is 4.39 Å². The molecule has 1 aromatic heterocycles. The summed E-state index contributed by atoms with van der Waals surface area (Å²) >= 11 is 5.75. The van der Waals surface area contributed by atoms with Crippen LogP contribution >= 0.6 is 11.6 Å². The molecule has 4 nitrogen and oxygen atoms in total. The summed E-state index contributed by atoms with van der Waals surface area (Å²) in [5, 5.41) is 11.1. The number of aromatic nitrogens is 3. The van der Waals surface area contributed by atoms with Crippen LogP contribution in [-0.4, -0.2) is 21.5 Å². The van der Waals surface area contributed by atoms with Crippen LogP contribution in [0.3, 0.4) is 0 Å². The molecule has 90 valence electrons. The van der Waals surface area contributed by atoms with Gasteiger partial charge in [-0.15, -0.1) is 5.10 Å². The number of benzene rings is 1. The first-order valence-corrected chi connectivity index (χ1v) is 5.61. The largest absolute Gasteiger partial charge is 0.311 e. The summed E-state index contributed by atoms with van der Waals surface area (Å²) in [5.74, 6) is -0.314. The highest BCUT2D eigenvalue weighted by molar-refractivity contribution is 6.30. The molecule has 2 rings (SSSR count). The molecule has 2 aromatic rings. The smallest absolute Gasteiger partial charge is 0.125 e. The van der Waals surface area contributed by atoms with Crippen LogP contribution in [0, 0.1) is 5.82 Å². The molecule has 0 atom stereocenters. The van der Waals surface area contributed by atoms with E-state index in [1.54, 1.807) is 23.1 Å². The highest BCUT2D eigenvalue weighted by Gasteiger charge is 1.99.